The third-order valence-corrected chi connectivity index (χ3v) is 13.1. The number of benzene rings is 2. The van der Waals surface area contributed by atoms with E-state index >= 15 is 0 Å². The summed E-state index contributed by atoms with van der Waals surface area (Å²) < 4.78 is 12.7. The number of hydrogen-bond donors (Lipinski definition) is 6. The number of ether oxygens (including phenoxy) is 2. The van der Waals surface area contributed by atoms with Gasteiger partial charge in [0.25, 0.3) is 17.4 Å². The van der Waals surface area contributed by atoms with Crippen molar-refractivity contribution >= 4 is 69.1 Å². The zero-order chi connectivity index (χ0) is 51.6. The van der Waals surface area contributed by atoms with Crippen molar-refractivity contribution in [1.29, 1.82) is 0 Å². The van der Waals surface area contributed by atoms with Gasteiger partial charge in [0.05, 0.1) is 54.2 Å². The number of rotatable bonds is 23. The van der Waals surface area contributed by atoms with E-state index in [-0.39, 0.29) is 93.2 Å². The number of nitrogens with one attached hydrogen (secondary N) is 5. The lowest BCUT2D eigenvalue weighted by Gasteiger charge is -2.31. The molecule has 8 rings (SSSR count). The molecule has 0 fully saturated rings. The Hall–Kier alpha value is -8.17. The molecule has 0 bridgehead atoms. The summed E-state index contributed by atoms with van der Waals surface area (Å²) in [6, 6.07) is 17.0. The minimum absolute atomic E-state index is 0.0193. The Morgan fingerprint density at radius 3 is 2.32 bits per heavy atom. The summed E-state index contributed by atoms with van der Waals surface area (Å²) in [7, 11) is 0. The molecule has 0 saturated heterocycles. The van der Waals surface area contributed by atoms with Crippen LogP contribution in [0.2, 0.25) is 0 Å². The number of fused-ring (bicyclic) bond motifs is 7. The number of cyclic esters (lactones) is 1. The van der Waals surface area contributed by atoms with Crippen LogP contribution in [0.4, 0.5) is 0 Å². The fraction of sp³-hybridized carbons (Fsp3) is 0.365. The second kappa shape index (κ2) is 22.9. The van der Waals surface area contributed by atoms with Crippen molar-refractivity contribution in [2.75, 3.05) is 39.5 Å². The fourth-order valence-electron chi connectivity index (χ4n) is 9.21. The van der Waals surface area contributed by atoms with Gasteiger partial charge in [0.1, 0.15) is 19.4 Å². The fourth-order valence-corrected chi connectivity index (χ4v) is 9.21. The average Bonchev–Trinajstić information content (AvgIpc) is 3.93. The third-order valence-electron chi connectivity index (χ3n) is 13.1. The van der Waals surface area contributed by atoms with Gasteiger partial charge in [0.2, 0.25) is 29.5 Å². The maximum atomic E-state index is 14.0. The van der Waals surface area contributed by atoms with Crippen LogP contribution < -0.4 is 32.1 Å². The van der Waals surface area contributed by atoms with Gasteiger partial charge in [-0.1, -0.05) is 49.7 Å². The molecule has 3 aliphatic heterocycles. The van der Waals surface area contributed by atoms with E-state index in [2.05, 4.69) is 31.6 Å². The maximum Gasteiger partial charge on any atom is 0.343 e. The van der Waals surface area contributed by atoms with Crippen molar-refractivity contribution in [2.45, 2.75) is 83.1 Å². The molecule has 0 aliphatic carbocycles. The number of aromatic nitrogens is 3. The van der Waals surface area contributed by atoms with E-state index in [1.165, 1.54) is 12.2 Å². The summed E-state index contributed by atoms with van der Waals surface area (Å²) in [5.74, 6) is -4.41. The molecule has 0 spiro atoms. The van der Waals surface area contributed by atoms with E-state index in [1.54, 1.807) is 54.1 Å². The quantitative estimate of drug-likeness (QED) is 0.0173. The molecular formula is C52H55N9O12. The van der Waals surface area contributed by atoms with Gasteiger partial charge in [-0.05, 0) is 67.5 Å². The molecule has 3 aromatic heterocycles. The average molecular weight is 998 g/mol. The van der Waals surface area contributed by atoms with Crippen LogP contribution in [0.15, 0.2) is 83.8 Å². The van der Waals surface area contributed by atoms with Crippen LogP contribution in [0, 0.1) is 0 Å². The molecule has 6 N–H and O–H groups in total. The molecule has 73 heavy (non-hydrogen) atoms. The molecule has 3 aliphatic rings. The Morgan fingerprint density at radius 1 is 0.808 bits per heavy atom. The topological polar surface area (TPSA) is 286 Å². The number of pyridine rings is 3. The molecule has 0 radical (unpaired) electrons. The summed E-state index contributed by atoms with van der Waals surface area (Å²) in [5.41, 5.74) is 3.11. The molecule has 21 nitrogen and oxygen atoms in total. The van der Waals surface area contributed by atoms with E-state index in [0.29, 0.717) is 49.0 Å². The Balaban J connectivity index is 0.804. The molecule has 6 heterocycles. The van der Waals surface area contributed by atoms with E-state index < -0.39 is 54.3 Å². The molecule has 21 heteroatoms. The summed E-state index contributed by atoms with van der Waals surface area (Å²) in [6.07, 6.45) is 6.95. The molecular weight excluding hydrogens is 943 g/mol. The van der Waals surface area contributed by atoms with Crippen molar-refractivity contribution in [3.8, 4) is 11.4 Å². The van der Waals surface area contributed by atoms with Gasteiger partial charge in [-0.2, -0.15) is 0 Å². The van der Waals surface area contributed by atoms with Gasteiger partial charge in [-0.25, -0.2) is 9.78 Å². The highest BCUT2D eigenvalue weighted by Gasteiger charge is 2.45. The highest BCUT2D eigenvalue weighted by atomic mass is 16.6. The molecule has 2 atom stereocenters. The number of imide groups is 1. The lowest BCUT2D eigenvalue weighted by molar-refractivity contribution is -0.172. The smallest absolute Gasteiger partial charge is 0.343 e. The van der Waals surface area contributed by atoms with Crippen molar-refractivity contribution in [3.05, 3.63) is 117 Å². The summed E-state index contributed by atoms with van der Waals surface area (Å²) in [5, 5.41) is 25.8. The Morgan fingerprint density at radius 2 is 1.53 bits per heavy atom. The first-order valence-electron chi connectivity index (χ1n) is 24.1. The minimum Gasteiger partial charge on any atom is -0.458 e. The lowest BCUT2D eigenvalue weighted by Crippen LogP contribution is -2.52. The van der Waals surface area contributed by atoms with Gasteiger partial charge >= 0.3 is 5.97 Å². The van der Waals surface area contributed by atoms with Crippen molar-refractivity contribution in [3.63, 3.8) is 0 Å². The van der Waals surface area contributed by atoms with Gasteiger partial charge < -0.3 is 45.7 Å². The third kappa shape index (κ3) is 11.6. The van der Waals surface area contributed by atoms with E-state index in [1.807, 2.05) is 24.3 Å². The van der Waals surface area contributed by atoms with Crippen molar-refractivity contribution in [1.82, 2.24) is 46.0 Å². The Bertz CT molecular complexity index is 3080. The van der Waals surface area contributed by atoms with Crippen LogP contribution in [0.3, 0.4) is 0 Å². The first kappa shape index (κ1) is 51.2. The highest BCUT2D eigenvalue weighted by molar-refractivity contribution is 6.13. The van der Waals surface area contributed by atoms with Crippen molar-refractivity contribution < 1.29 is 52.9 Å². The van der Waals surface area contributed by atoms with E-state index in [0.717, 1.165) is 37.9 Å². The lowest BCUT2D eigenvalue weighted by atomic mass is 9.86. The normalized spacial score (nSPS) is 15.9. The zero-order valence-electron chi connectivity index (χ0n) is 40.1. The molecule has 7 amide bonds. The molecule has 0 saturated carbocycles. The van der Waals surface area contributed by atoms with E-state index in [9.17, 15) is 48.3 Å². The highest BCUT2D eigenvalue weighted by Crippen LogP contribution is 2.41. The number of hydrogen-bond acceptors (Lipinski definition) is 14. The summed E-state index contributed by atoms with van der Waals surface area (Å²) >= 11 is 0. The van der Waals surface area contributed by atoms with Crippen LogP contribution in [-0.4, -0.2) is 117 Å². The molecule has 380 valence electrons. The van der Waals surface area contributed by atoms with Crippen LogP contribution in [0.25, 0.3) is 33.2 Å². The SMILES string of the molecule is CC[C@@]1(O)C(=O)OCc2c1cc1n(c2=O)Cc2c-1nc1ccc3ncccc3c1c2CCCOCNC(=O)CNC(=O)[C@H](Cc1ccccc1)NC(=O)CNC(=O)CNC(=O)CCCCCN1C(=O)C=CC1=O. The van der Waals surface area contributed by atoms with Crippen molar-refractivity contribution in [2.24, 2.45) is 0 Å². The maximum absolute atomic E-state index is 14.0. The Labute approximate surface area is 418 Å². The van der Waals surface area contributed by atoms with Crippen LogP contribution in [-0.2, 0) is 79.4 Å². The number of aliphatic hydroxyl groups is 1. The van der Waals surface area contributed by atoms with Crippen LogP contribution in [0.1, 0.15) is 73.3 Å². The number of nitrogens with zero attached hydrogens (tertiary/aromatic N) is 4. The zero-order valence-corrected chi connectivity index (χ0v) is 40.1. The van der Waals surface area contributed by atoms with Gasteiger partial charge in [-0.15, -0.1) is 0 Å². The molecule has 0 unspecified atom stereocenters. The predicted octanol–water partition coefficient (Wildman–Crippen LogP) is 1.21. The standard InChI is InChI=1S/C52H55N9O12/c1-2-52(71)36-24-40-48-34(28-61(40)50(69)35(36)29-73-51(52)70)32(47-33-13-9-20-53-37(33)16-17-38(47)59-48)14-10-22-72-30-57-43(64)26-56-49(68)39(23-31-11-5-3-6-12-31)58-44(65)27-55-42(63)25-54-41(62)15-7-4-8-21-60-45(66)18-19-46(60)67/h3,5-6,9,11-13,16-20,24,39,71H,2,4,7-8,10,14-15,21-23,25-30H2,1H3,(H,54,62)(H,55,63)(H,56,68)(H,57,64)(H,58,65)/t39-,52-/m0/s1. The molecule has 2 aromatic carbocycles. The van der Waals surface area contributed by atoms with Gasteiger partial charge in [0, 0.05) is 66.2 Å². The number of unbranched alkanes of at least 4 members (excludes halogenated alkanes) is 2. The minimum atomic E-state index is -1.97. The van der Waals surface area contributed by atoms with Crippen LogP contribution >= 0.6 is 0 Å². The number of carbonyl (C=O) groups is 8. The second-order valence-corrected chi connectivity index (χ2v) is 17.9. The van der Waals surface area contributed by atoms with Gasteiger partial charge in [0.15, 0.2) is 5.60 Å². The van der Waals surface area contributed by atoms with E-state index in [4.69, 9.17) is 14.5 Å². The first-order valence-corrected chi connectivity index (χ1v) is 24.1. The Kier molecular flexibility index (Phi) is 16.1. The summed E-state index contributed by atoms with van der Waals surface area (Å²) in [6.45, 7) is 0.637. The first-order chi connectivity index (χ1) is 35.2. The molecule has 5 aromatic rings. The number of carbonyl (C=O) groups excluding carboxylic acids is 8. The number of aryl methyl sites for hydroxylation is 1. The van der Waals surface area contributed by atoms with Crippen LogP contribution in [0.5, 0.6) is 0 Å². The predicted molar refractivity (Wildman–Crippen MR) is 263 cm³/mol. The largest absolute Gasteiger partial charge is 0.458 e. The summed E-state index contributed by atoms with van der Waals surface area (Å²) in [4.78, 5) is 125. The second-order valence-electron chi connectivity index (χ2n) is 17.9. The number of amides is 7. The monoisotopic (exact) mass is 997 g/mol. The number of esters is 1. The van der Waals surface area contributed by atoms with Gasteiger partial charge in [-0.3, -0.25) is 48.2 Å².